The smallest absolute Gasteiger partial charge is 0.000788 e. The van der Waals surface area contributed by atoms with Gasteiger partial charge in [-0.05, 0) is 24.8 Å². The van der Waals surface area contributed by atoms with Crippen molar-refractivity contribution in [2.24, 2.45) is 5.92 Å². The molecule has 0 aromatic carbocycles. The van der Waals surface area contributed by atoms with Crippen molar-refractivity contribution in [1.29, 1.82) is 0 Å². The molecule has 0 saturated carbocycles. The van der Waals surface area contributed by atoms with Crippen LogP contribution in [0.15, 0.2) is 35.5 Å². The van der Waals surface area contributed by atoms with Crippen LogP contribution in [0.4, 0.5) is 0 Å². The Bertz CT molecular complexity index is 216. The molecule has 0 saturated heterocycles. The quantitative estimate of drug-likeness (QED) is 0.534. The van der Waals surface area contributed by atoms with Crippen molar-refractivity contribution in [3.8, 4) is 0 Å². The fraction of sp³-hybridized carbons (Fsp3) is 0.455. The topological polar surface area (TPSA) is 0 Å². The van der Waals surface area contributed by atoms with E-state index >= 15 is 0 Å². The molecule has 0 aliphatic heterocycles. The first-order valence-corrected chi connectivity index (χ1v) is 4.30. The molecule has 1 rings (SSSR count). The third-order valence-corrected chi connectivity index (χ3v) is 2.30. The van der Waals surface area contributed by atoms with Crippen LogP contribution in [0.5, 0.6) is 0 Å². The Labute approximate surface area is 69.3 Å². The Balaban J connectivity index is 2.88. The summed E-state index contributed by atoms with van der Waals surface area (Å²) in [7, 11) is 0. The van der Waals surface area contributed by atoms with E-state index in [2.05, 4.69) is 45.1 Å². The van der Waals surface area contributed by atoms with Gasteiger partial charge in [0.25, 0.3) is 0 Å². The van der Waals surface area contributed by atoms with E-state index in [1.165, 1.54) is 11.1 Å². The monoisotopic (exact) mass is 148 g/mol. The van der Waals surface area contributed by atoms with Gasteiger partial charge in [0, 0.05) is 0 Å². The van der Waals surface area contributed by atoms with E-state index in [1.807, 2.05) is 0 Å². The molecule has 0 spiro atoms. The molecule has 1 aliphatic carbocycles. The molecular weight excluding hydrogens is 132 g/mol. The molecule has 1 atom stereocenters. The van der Waals surface area contributed by atoms with Crippen LogP contribution in [0.3, 0.4) is 0 Å². The summed E-state index contributed by atoms with van der Waals surface area (Å²) in [5, 5.41) is 0. The first kappa shape index (κ1) is 8.32. The predicted molar refractivity (Wildman–Crippen MR) is 50.4 cm³/mol. The van der Waals surface area contributed by atoms with E-state index in [-0.39, 0.29) is 0 Å². The minimum absolute atomic E-state index is 0.611. The van der Waals surface area contributed by atoms with Crippen LogP contribution in [0.2, 0.25) is 0 Å². The molecule has 0 heteroatoms. The Morgan fingerprint density at radius 3 is 2.73 bits per heavy atom. The van der Waals surface area contributed by atoms with Gasteiger partial charge in [0.15, 0.2) is 0 Å². The molecule has 0 aromatic rings. The maximum atomic E-state index is 2.24. The maximum absolute atomic E-state index is 2.24. The largest absolute Gasteiger partial charge is 0.0773 e. The van der Waals surface area contributed by atoms with Gasteiger partial charge in [0.1, 0.15) is 0 Å². The summed E-state index contributed by atoms with van der Waals surface area (Å²) < 4.78 is 0. The standard InChI is InChI=1S/C11H16/c1-4-9(2)11-8-6-5-7-10(11)3/h5-8,10H,4H2,1-3H3/b11-9-. The van der Waals surface area contributed by atoms with Crippen molar-refractivity contribution in [3.63, 3.8) is 0 Å². The molecule has 0 N–H and O–H groups in total. The molecule has 0 amide bonds. The Kier molecular flexibility index (Phi) is 2.70. The van der Waals surface area contributed by atoms with Gasteiger partial charge < -0.3 is 0 Å². The molecule has 0 aromatic heterocycles. The number of allylic oxidation sites excluding steroid dienone is 6. The molecule has 11 heavy (non-hydrogen) atoms. The molecule has 1 unspecified atom stereocenters. The van der Waals surface area contributed by atoms with Crippen LogP contribution in [0.1, 0.15) is 27.2 Å². The molecular formula is C11H16. The summed E-state index contributed by atoms with van der Waals surface area (Å²) in [4.78, 5) is 0. The lowest BCUT2D eigenvalue weighted by Gasteiger charge is -2.14. The number of hydrogen-bond acceptors (Lipinski definition) is 0. The van der Waals surface area contributed by atoms with Crippen molar-refractivity contribution in [3.05, 3.63) is 35.5 Å². The second-order valence-electron chi connectivity index (χ2n) is 3.12. The van der Waals surface area contributed by atoms with Gasteiger partial charge in [-0.3, -0.25) is 0 Å². The number of rotatable bonds is 1. The first-order chi connectivity index (χ1) is 5.25. The SMILES string of the molecule is CC/C(C)=C1/C=CC=CC1C. The number of hydrogen-bond donors (Lipinski definition) is 0. The Morgan fingerprint density at radius 2 is 2.18 bits per heavy atom. The molecule has 0 radical (unpaired) electrons. The highest BCUT2D eigenvalue weighted by molar-refractivity contribution is 5.35. The van der Waals surface area contributed by atoms with Gasteiger partial charge >= 0.3 is 0 Å². The lowest BCUT2D eigenvalue weighted by atomic mass is 9.92. The van der Waals surface area contributed by atoms with E-state index in [0.717, 1.165) is 6.42 Å². The second kappa shape index (κ2) is 3.56. The zero-order chi connectivity index (χ0) is 8.27. The van der Waals surface area contributed by atoms with Crippen molar-refractivity contribution in [2.45, 2.75) is 27.2 Å². The maximum Gasteiger partial charge on any atom is -0.000788 e. The summed E-state index contributed by atoms with van der Waals surface area (Å²) in [5.74, 6) is 0.611. The summed E-state index contributed by atoms with van der Waals surface area (Å²) in [6.45, 7) is 6.67. The van der Waals surface area contributed by atoms with Crippen LogP contribution < -0.4 is 0 Å². The summed E-state index contributed by atoms with van der Waals surface area (Å²) in [6, 6.07) is 0. The molecule has 0 nitrogen and oxygen atoms in total. The van der Waals surface area contributed by atoms with Gasteiger partial charge in [0.2, 0.25) is 0 Å². The highest BCUT2D eigenvalue weighted by Crippen LogP contribution is 2.22. The van der Waals surface area contributed by atoms with Crippen molar-refractivity contribution < 1.29 is 0 Å². The minimum atomic E-state index is 0.611. The third kappa shape index (κ3) is 1.83. The van der Waals surface area contributed by atoms with E-state index in [4.69, 9.17) is 0 Å². The molecule has 0 fully saturated rings. The lowest BCUT2D eigenvalue weighted by Crippen LogP contribution is -1.98. The highest BCUT2D eigenvalue weighted by atomic mass is 14.1. The van der Waals surface area contributed by atoms with E-state index in [0.29, 0.717) is 5.92 Å². The summed E-state index contributed by atoms with van der Waals surface area (Å²) >= 11 is 0. The molecule has 0 heterocycles. The van der Waals surface area contributed by atoms with Crippen LogP contribution in [0.25, 0.3) is 0 Å². The van der Waals surface area contributed by atoms with Crippen LogP contribution >= 0.6 is 0 Å². The van der Waals surface area contributed by atoms with Gasteiger partial charge in [-0.2, -0.15) is 0 Å². The second-order valence-corrected chi connectivity index (χ2v) is 3.12. The minimum Gasteiger partial charge on any atom is -0.0773 e. The summed E-state index contributed by atoms with van der Waals surface area (Å²) in [6.07, 6.45) is 9.88. The normalized spacial score (nSPS) is 27.4. The zero-order valence-corrected chi connectivity index (χ0v) is 7.59. The lowest BCUT2D eigenvalue weighted by molar-refractivity contribution is 0.850. The average Bonchev–Trinajstić information content (AvgIpc) is 2.04. The van der Waals surface area contributed by atoms with Gasteiger partial charge in [0.05, 0.1) is 0 Å². The Morgan fingerprint density at radius 1 is 1.45 bits per heavy atom. The third-order valence-electron chi connectivity index (χ3n) is 2.30. The van der Waals surface area contributed by atoms with Crippen LogP contribution in [-0.4, -0.2) is 0 Å². The zero-order valence-electron chi connectivity index (χ0n) is 7.59. The van der Waals surface area contributed by atoms with Crippen molar-refractivity contribution in [2.75, 3.05) is 0 Å². The summed E-state index contributed by atoms with van der Waals surface area (Å²) in [5.41, 5.74) is 3.01. The average molecular weight is 148 g/mol. The first-order valence-electron chi connectivity index (χ1n) is 4.30. The van der Waals surface area contributed by atoms with Gasteiger partial charge in [-0.1, -0.05) is 43.7 Å². The van der Waals surface area contributed by atoms with Crippen molar-refractivity contribution >= 4 is 0 Å². The van der Waals surface area contributed by atoms with Crippen molar-refractivity contribution in [1.82, 2.24) is 0 Å². The van der Waals surface area contributed by atoms with Crippen LogP contribution in [0, 0.1) is 5.92 Å². The van der Waals surface area contributed by atoms with Gasteiger partial charge in [-0.15, -0.1) is 0 Å². The molecule has 1 aliphatic rings. The van der Waals surface area contributed by atoms with E-state index in [1.54, 1.807) is 0 Å². The predicted octanol–water partition coefficient (Wildman–Crippen LogP) is 3.48. The molecule has 0 bridgehead atoms. The van der Waals surface area contributed by atoms with Crippen LogP contribution in [-0.2, 0) is 0 Å². The van der Waals surface area contributed by atoms with E-state index in [9.17, 15) is 0 Å². The fourth-order valence-electron chi connectivity index (χ4n) is 1.38. The van der Waals surface area contributed by atoms with Gasteiger partial charge in [-0.25, -0.2) is 0 Å². The van der Waals surface area contributed by atoms with E-state index < -0.39 is 0 Å². The Hall–Kier alpha value is -0.780. The highest BCUT2D eigenvalue weighted by Gasteiger charge is 2.06. The molecule has 60 valence electrons. The fourth-order valence-corrected chi connectivity index (χ4v) is 1.38.